The number of nitrogens with zero attached hydrogens (tertiary/aromatic N) is 2. The van der Waals surface area contributed by atoms with E-state index in [9.17, 15) is 13.2 Å². The molecule has 0 aliphatic carbocycles. The van der Waals surface area contributed by atoms with Gasteiger partial charge in [-0.25, -0.2) is 13.8 Å². The van der Waals surface area contributed by atoms with Gasteiger partial charge in [-0.2, -0.15) is 5.10 Å². The van der Waals surface area contributed by atoms with Gasteiger partial charge in [0.2, 0.25) is 0 Å². The van der Waals surface area contributed by atoms with Gasteiger partial charge in [0.25, 0.3) is 15.9 Å². The van der Waals surface area contributed by atoms with Gasteiger partial charge >= 0.3 is 0 Å². The van der Waals surface area contributed by atoms with Crippen molar-refractivity contribution in [2.24, 2.45) is 5.10 Å². The Morgan fingerprint density at radius 2 is 1.53 bits per heavy atom. The van der Waals surface area contributed by atoms with E-state index < -0.39 is 15.9 Å². The van der Waals surface area contributed by atoms with Crippen LogP contribution in [0.5, 0.6) is 5.75 Å². The Kier molecular flexibility index (Phi) is 8.68. The first kappa shape index (κ1) is 27.2. The smallest absolute Gasteiger partial charge is 0.273 e. The molecule has 0 atom stereocenters. The SMILES string of the molecule is COc1ccc(S(=O)(=O)N(Cc2ccccc2)c2ccccc2C(=O)N/N=C/c2c(Cl)cccc2Cl)cc1. The number of benzene rings is 4. The average molecular weight is 568 g/mol. The molecule has 7 nitrogen and oxygen atoms in total. The summed E-state index contributed by atoms with van der Waals surface area (Å²) in [6.45, 7) is -0.00199. The standard InChI is InChI=1S/C28H23Cl2N3O4S/c1-37-21-14-16-22(17-15-21)38(35,36)33(19-20-8-3-2-4-9-20)27-13-6-5-10-23(27)28(34)32-31-18-24-25(29)11-7-12-26(24)30/h2-18H,19H2,1H3,(H,32,34)/b31-18+. The van der Waals surface area contributed by atoms with Crippen LogP contribution < -0.4 is 14.5 Å². The van der Waals surface area contributed by atoms with Gasteiger partial charge in [0.1, 0.15) is 5.75 Å². The maximum atomic E-state index is 13.9. The van der Waals surface area contributed by atoms with E-state index in [1.807, 2.05) is 30.3 Å². The zero-order chi connectivity index (χ0) is 27.1. The predicted molar refractivity (Wildman–Crippen MR) is 151 cm³/mol. The first-order valence-electron chi connectivity index (χ1n) is 11.4. The summed E-state index contributed by atoms with van der Waals surface area (Å²) in [5.74, 6) is -0.0853. The van der Waals surface area contributed by atoms with Crippen molar-refractivity contribution in [3.05, 3.63) is 124 Å². The third-order valence-corrected chi connectivity index (χ3v) is 8.03. The zero-order valence-electron chi connectivity index (χ0n) is 20.2. The minimum absolute atomic E-state index is 0.00199. The number of sulfonamides is 1. The summed E-state index contributed by atoms with van der Waals surface area (Å²) in [5, 5.41) is 4.73. The largest absolute Gasteiger partial charge is 0.497 e. The Balaban J connectivity index is 1.71. The van der Waals surface area contributed by atoms with E-state index in [0.717, 1.165) is 5.56 Å². The van der Waals surface area contributed by atoms with Crippen molar-refractivity contribution in [2.45, 2.75) is 11.4 Å². The van der Waals surface area contributed by atoms with Gasteiger partial charge in [-0.05, 0) is 54.1 Å². The lowest BCUT2D eigenvalue weighted by Crippen LogP contribution is -2.33. The summed E-state index contributed by atoms with van der Waals surface area (Å²) in [6, 6.07) is 26.6. The number of hydrogen-bond donors (Lipinski definition) is 1. The van der Waals surface area contributed by atoms with Crippen LogP contribution >= 0.6 is 23.2 Å². The van der Waals surface area contributed by atoms with Gasteiger partial charge in [0, 0.05) is 5.56 Å². The molecule has 4 aromatic rings. The quantitative estimate of drug-likeness (QED) is 0.194. The third kappa shape index (κ3) is 6.16. The fourth-order valence-corrected chi connectivity index (χ4v) is 5.62. The van der Waals surface area contributed by atoms with Gasteiger partial charge in [-0.3, -0.25) is 9.10 Å². The van der Waals surface area contributed by atoms with E-state index in [0.29, 0.717) is 21.4 Å². The highest BCUT2D eigenvalue weighted by atomic mass is 35.5. The van der Waals surface area contributed by atoms with Gasteiger partial charge in [-0.15, -0.1) is 0 Å². The summed E-state index contributed by atoms with van der Waals surface area (Å²) in [5.41, 5.74) is 3.93. The molecule has 1 N–H and O–H groups in total. The maximum Gasteiger partial charge on any atom is 0.273 e. The summed E-state index contributed by atoms with van der Waals surface area (Å²) in [7, 11) is -2.58. The van der Waals surface area contributed by atoms with E-state index in [1.165, 1.54) is 35.8 Å². The molecule has 0 saturated heterocycles. The van der Waals surface area contributed by atoms with Crippen molar-refractivity contribution in [1.82, 2.24) is 5.43 Å². The van der Waals surface area contributed by atoms with E-state index >= 15 is 0 Å². The molecule has 4 rings (SSSR count). The van der Waals surface area contributed by atoms with E-state index in [-0.39, 0.29) is 22.7 Å². The fourth-order valence-electron chi connectivity index (χ4n) is 3.66. The predicted octanol–water partition coefficient (Wildman–Crippen LogP) is 6.16. The Hall–Kier alpha value is -3.85. The van der Waals surface area contributed by atoms with Crippen LogP contribution in [0.4, 0.5) is 5.69 Å². The first-order chi connectivity index (χ1) is 18.3. The molecule has 0 spiro atoms. The molecule has 38 heavy (non-hydrogen) atoms. The molecule has 0 aliphatic rings. The van der Waals surface area contributed by atoms with Crippen LogP contribution in [0.2, 0.25) is 10.0 Å². The average Bonchev–Trinajstić information content (AvgIpc) is 2.93. The second kappa shape index (κ2) is 12.1. The van der Waals surface area contributed by atoms with Crippen molar-refractivity contribution < 1.29 is 17.9 Å². The summed E-state index contributed by atoms with van der Waals surface area (Å²) >= 11 is 12.3. The lowest BCUT2D eigenvalue weighted by atomic mass is 10.1. The Labute approximate surface area is 231 Å². The lowest BCUT2D eigenvalue weighted by Gasteiger charge is -2.26. The van der Waals surface area contributed by atoms with Crippen LogP contribution in [-0.4, -0.2) is 27.6 Å². The molecule has 0 heterocycles. The number of hydrazone groups is 1. The van der Waals surface area contributed by atoms with Crippen LogP contribution in [0.25, 0.3) is 0 Å². The number of nitrogens with one attached hydrogen (secondary N) is 1. The monoisotopic (exact) mass is 567 g/mol. The number of carbonyl (C=O) groups excluding carboxylic acids is 1. The lowest BCUT2D eigenvalue weighted by molar-refractivity contribution is 0.0955. The zero-order valence-corrected chi connectivity index (χ0v) is 22.5. The summed E-state index contributed by atoms with van der Waals surface area (Å²) in [6.07, 6.45) is 1.33. The number of para-hydroxylation sites is 1. The molecule has 0 aliphatic heterocycles. The fraction of sp³-hybridized carbons (Fsp3) is 0.0714. The highest BCUT2D eigenvalue weighted by Crippen LogP contribution is 2.30. The number of halogens is 2. The molecule has 0 saturated carbocycles. The molecule has 10 heteroatoms. The van der Waals surface area contributed by atoms with Crippen LogP contribution in [0.15, 0.2) is 107 Å². The van der Waals surface area contributed by atoms with Crippen molar-refractivity contribution in [2.75, 3.05) is 11.4 Å². The topological polar surface area (TPSA) is 88.1 Å². The van der Waals surface area contributed by atoms with E-state index in [4.69, 9.17) is 27.9 Å². The van der Waals surface area contributed by atoms with Crippen molar-refractivity contribution in [3.63, 3.8) is 0 Å². The number of ether oxygens (including phenoxy) is 1. The molecule has 0 radical (unpaired) electrons. The molecule has 1 amide bonds. The number of anilines is 1. The molecule has 194 valence electrons. The molecule has 0 fully saturated rings. The second-order valence-electron chi connectivity index (χ2n) is 8.02. The van der Waals surface area contributed by atoms with Crippen LogP contribution in [-0.2, 0) is 16.6 Å². The van der Waals surface area contributed by atoms with Crippen LogP contribution in [0, 0.1) is 0 Å². The summed E-state index contributed by atoms with van der Waals surface area (Å²) < 4.78 is 34.1. The van der Waals surface area contributed by atoms with Gasteiger partial charge in [0.05, 0.1) is 46.1 Å². The van der Waals surface area contributed by atoms with Crippen molar-refractivity contribution in [3.8, 4) is 5.75 Å². The Morgan fingerprint density at radius 3 is 2.18 bits per heavy atom. The molecule has 0 aromatic heterocycles. The number of amides is 1. The highest BCUT2D eigenvalue weighted by Gasteiger charge is 2.28. The minimum Gasteiger partial charge on any atom is -0.497 e. The minimum atomic E-state index is -4.08. The molecule has 0 unspecified atom stereocenters. The van der Waals surface area contributed by atoms with Gasteiger partial charge in [0.15, 0.2) is 0 Å². The highest BCUT2D eigenvalue weighted by molar-refractivity contribution is 7.92. The Bertz CT molecular complexity index is 1540. The second-order valence-corrected chi connectivity index (χ2v) is 10.7. The van der Waals surface area contributed by atoms with E-state index in [1.54, 1.807) is 48.5 Å². The maximum absolute atomic E-state index is 13.9. The van der Waals surface area contributed by atoms with Crippen molar-refractivity contribution >= 4 is 51.0 Å². The van der Waals surface area contributed by atoms with Crippen molar-refractivity contribution in [1.29, 1.82) is 0 Å². The Morgan fingerprint density at radius 1 is 0.895 bits per heavy atom. The normalized spacial score (nSPS) is 11.3. The molecular formula is C28H23Cl2N3O4S. The summed E-state index contributed by atoms with van der Waals surface area (Å²) in [4.78, 5) is 13.3. The number of carbonyl (C=O) groups is 1. The molecule has 0 bridgehead atoms. The number of methoxy groups -OCH3 is 1. The van der Waals surface area contributed by atoms with Gasteiger partial charge < -0.3 is 4.74 Å². The van der Waals surface area contributed by atoms with Crippen LogP contribution in [0.3, 0.4) is 0 Å². The first-order valence-corrected chi connectivity index (χ1v) is 13.6. The van der Waals surface area contributed by atoms with Gasteiger partial charge in [-0.1, -0.05) is 71.7 Å². The third-order valence-electron chi connectivity index (χ3n) is 5.59. The number of hydrogen-bond acceptors (Lipinski definition) is 5. The van der Waals surface area contributed by atoms with E-state index in [2.05, 4.69) is 10.5 Å². The molecular weight excluding hydrogens is 545 g/mol. The number of rotatable bonds is 9. The van der Waals surface area contributed by atoms with Crippen LogP contribution in [0.1, 0.15) is 21.5 Å². The molecule has 4 aromatic carbocycles.